The molecule has 1 spiro atoms. The van der Waals surface area contributed by atoms with Crippen LogP contribution in [0.15, 0.2) is 78.4 Å². The number of benzene rings is 3. The highest BCUT2D eigenvalue weighted by molar-refractivity contribution is 6.42. The zero-order chi connectivity index (χ0) is 26.5. The van der Waals surface area contributed by atoms with Crippen LogP contribution in [0.25, 0.3) is 6.08 Å². The van der Waals surface area contributed by atoms with E-state index in [1.165, 1.54) is 48.1 Å². The Morgan fingerprint density at radius 3 is 2.37 bits per heavy atom. The molecule has 38 heavy (non-hydrogen) atoms. The van der Waals surface area contributed by atoms with Crippen LogP contribution in [-0.2, 0) is 5.41 Å². The molecular formula is C34H40Cl2N2. The first-order chi connectivity index (χ1) is 18.5. The lowest BCUT2D eigenvalue weighted by Gasteiger charge is -2.40. The number of hydrogen-bond donors (Lipinski definition) is 1. The van der Waals surface area contributed by atoms with Crippen LogP contribution in [0.3, 0.4) is 0 Å². The highest BCUT2D eigenvalue weighted by Gasteiger charge is 2.42. The number of fused-ring (bicyclic) bond motifs is 2. The number of nitrogens with one attached hydrogen (secondary N) is 1. The van der Waals surface area contributed by atoms with Gasteiger partial charge in [0.2, 0.25) is 0 Å². The first-order valence-corrected chi connectivity index (χ1v) is 15.0. The van der Waals surface area contributed by atoms with Crippen LogP contribution in [0.4, 0.5) is 5.69 Å². The van der Waals surface area contributed by atoms with Crippen molar-refractivity contribution in [1.29, 1.82) is 0 Å². The molecule has 2 aliphatic rings. The normalized spacial score (nSPS) is 17.6. The maximum atomic E-state index is 6.60. The zero-order valence-corrected chi connectivity index (χ0v) is 24.2. The van der Waals surface area contributed by atoms with Crippen molar-refractivity contribution < 1.29 is 0 Å². The van der Waals surface area contributed by atoms with Gasteiger partial charge in [-0.25, -0.2) is 0 Å². The van der Waals surface area contributed by atoms with Crippen molar-refractivity contribution in [2.75, 3.05) is 25.0 Å². The van der Waals surface area contributed by atoms with Crippen molar-refractivity contribution in [2.45, 2.75) is 69.2 Å². The number of para-hydroxylation sites is 1. The van der Waals surface area contributed by atoms with E-state index in [-0.39, 0.29) is 5.41 Å². The molecule has 0 saturated carbocycles. The van der Waals surface area contributed by atoms with Gasteiger partial charge >= 0.3 is 0 Å². The Morgan fingerprint density at radius 2 is 1.63 bits per heavy atom. The number of rotatable bonds is 10. The summed E-state index contributed by atoms with van der Waals surface area (Å²) in [4.78, 5) is 2.50. The van der Waals surface area contributed by atoms with Crippen LogP contribution in [0, 0.1) is 0 Å². The van der Waals surface area contributed by atoms with Crippen molar-refractivity contribution in [3.63, 3.8) is 0 Å². The van der Waals surface area contributed by atoms with Gasteiger partial charge in [-0.05, 0) is 86.1 Å². The fraction of sp³-hybridized carbons (Fsp3) is 0.412. The Labute approximate surface area is 239 Å². The van der Waals surface area contributed by atoms with Gasteiger partial charge in [-0.1, -0.05) is 103 Å². The minimum atomic E-state index is 0.175. The average Bonchev–Trinajstić information content (AvgIpc) is 3.25. The van der Waals surface area contributed by atoms with Crippen LogP contribution in [0.1, 0.15) is 74.5 Å². The van der Waals surface area contributed by atoms with Gasteiger partial charge in [0.1, 0.15) is 0 Å². The number of likely N-dealkylation sites (N-methyl/N-ethyl adjacent to an activating group) is 1. The van der Waals surface area contributed by atoms with Crippen LogP contribution in [0.5, 0.6) is 0 Å². The van der Waals surface area contributed by atoms with E-state index in [1.54, 1.807) is 5.57 Å². The number of nitrogens with zero attached hydrogens (tertiary/aromatic N) is 1. The maximum Gasteiger partial charge on any atom is 0.0595 e. The number of piperidine rings is 1. The van der Waals surface area contributed by atoms with E-state index in [9.17, 15) is 0 Å². The maximum absolute atomic E-state index is 6.60. The molecule has 1 N–H and O–H groups in total. The fourth-order valence-corrected chi connectivity index (χ4v) is 7.19. The molecule has 0 aromatic heterocycles. The molecule has 2 nitrogen and oxygen atoms in total. The van der Waals surface area contributed by atoms with Gasteiger partial charge in [0.25, 0.3) is 0 Å². The third-order valence-electron chi connectivity index (χ3n) is 8.95. The summed E-state index contributed by atoms with van der Waals surface area (Å²) in [6.45, 7) is 4.45. The van der Waals surface area contributed by atoms with Crippen LogP contribution in [-0.4, -0.2) is 26.2 Å². The Balaban J connectivity index is 1.50. The first kappa shape index (κ1) is 27.3. The number of unbranched alkanes of at least 4 members (excludes halogenated alkanes) is 1. The minimum Gasteiger partial charge on any atom is -0.371 e. The van der Waals surface area contributed by atoms with E-state index in [4.69, 9.17) is 23.2 Å². The molecule has 2 atom stereocenters. The van der Waals surface area contributed by atoms with Gasteiger partial charge < -0.3 is 10.2 Å². The molecule has 3 aromatic rings. The van der Waals surface area contributed by atoms with Crippen LogP contribution in [0.2, 0.25) is 10.0 Å². The molecule has 1 unspecified atom stereocenters. The minimum absolute atomic E-state index is 0.175. The summed E-state index contributed by atoms with van der Waals surface area (Å²) >= 11 is 13.0. The molecule has 0 radical (unpaired) electrons. The monoisotopic (exact) mass is 546 g/mol. The van der Waals surface area contributed by atoms with Gasteiger partial charge in [0.15, 0.2) is 0 Å². The third-order valence-corrected chi connectivity index (χ3v) is 9.69. The van der Waals surface area contributed by atoms with Crippen molar-refractivity contribution in [3.8, 4) is 0 Å². The quantitative estimate of drug-likeness (QED) is 0.272. The Morgan fingerprint density at radius 1 is 0.895 bits per heavy atom. The van der Waals surface area contributed by atoms with Crippen LogP contribution < -0.4 is 10.2 Å². The van der Waals surface area contributed by atoms with E-state index in [0.29, 0.717) is 22.0 Å². The predicted molar refractivity (Wildman–Crippen MR) is 165 cm³/mol. The summed E-state index contributed by atoms with van der Waals surface area (Å²) in [5, 5.41) is 4.87. The average molecular weight is 548 g/mol. The molecule has 5 rings (SSSR count). The van der Waals surface area contributed by atoms with Crippen molar-refractivity contribution >= 4 is 35.0 Å². The first-order valence-electron chi connectivity index (χ1n) is 14.3. The number of hydrogen-bond acceptors (Lipinski definition) is 2. The summed E-state index contributed by atoms with van der Waals surface area (Å²) in [7, 11) is 2.26. The summed E-state index contributed by atoms with van der Waals surface area (Å²) in [6, 6.07) is 26.6. The van der Waals surface area contributed by atoms with Crippen molar-refractivity contribution in [3.05, 3.63) is 105 Å². The Hall–Kier alpha value is -2.26. The molecule has 1 heterocycles. The van der Waals surface area contributed by atoms with Gasteiger partial charge in [-0.3, -0.25) is 0 Å². The lowest BCUT2D eigenvalue weighted by Crippen LogP contribution is -2.40. The molecular weight excluding hydrogens is 507 g/mol. The molecule has 1 saturated heterocycles. The molecule has 200 valence electrons. The fourth-order valence-electron chi connectivity index (χ4n) is 6.88. The largest absolute Gasteiger partial charge is 0.371 e. The summed E-state index contributed by atoms with van der Waals surface area (Å²) in [6.07, 6.45) is 10.6. The summed E-state index contributed by atoms with van der Waals surface area (Å²) in [5.74, 6) is 0.338. The van der Waals surface area contributed by atoms with E-state index < -0.39 is 0 Å². The second-order valence-corrected chi connectivity index (χ2v) is 11.9. The summed E-state index contributed by atoms with van der Waals surface area (Å²) < 4.78 is 0. The smallest absolute Gasteiger partial charge is 0.0595 e. The van der Waals surface area contributed by atoms with Gasteiger partial charge in [-0.15, -0.1) is 0 Å². The second kappa shape index (κ2) is 12.3. The Kier molecular flexibility index (Phi) is 8.83. The molecule has 1 fully saturated rings. The number of halogens is 2. The van der Waals surface area contributed by atoms with E-state index >= 15 is 0 Å². The lowest BCUT2D eigenvalue weighted by molar-refractivity contribution is 0.346. The molecule has 1 aliphatic heterocycles. The third kappa shape index (κ3) is 5.55. The predicted octanol–water partition coefficient (Wildman–Crippen LogP) is 9.27. The molecule has 3 aromatic carbocycles. The van der Waals surface area contributed by atoms with Gasteiger partial charge in [0, 0.05) is 30.1 Å². The highest BCUT2D eigenvalue weighted by atomic mass is 35.5. The number of anilines is 1. The van der Waals surface area contributed by atoms with Gasteiger partial charge in [0.05, 0.1) is 10.0 Å². The topological polar surface area (TPSA) is 15.3 Å². The Bertz CT molecular complexity index is 1250. The van der Waals surface area contributed by atoms with E-state index in [1.807, 2.05) is 6.07 Å². The zero-order valence-electron chi connectivity index (χ0n) is 22.7. The van der Waals surface area contributed by atoms with E-state index in [0.717, 1.165) is 32.4 Å². The van der Waals surface area contributed by atoms with Gasteiger partial charge in [-0.2, -0.15) is 0 Å². The van der Waals surface area contributed by atoms with Crippen LogP contribution >= 0.6 is 23.2 Å². The molecule has 1 aliphatic carbocycles. The molecule has 0 bridgehead atoms. The van der Waals surface area contributed by atoms with E-state index in [2.05, 4.69) is 97.0 Å². The van der Waals surface area contributed by atoms with Crippen molar-refractivity contribution in [1.82, 2.24) is 5.32 Å². The summed E-state index contributed by atoms with van der Waals surface area (Å²) in [5.41, 5.74) is 7.29. The number of allylic oxidation sites excluding steroid dienone is 1. The second-order valence-electron chi connectivity index (χ2n) is 11.1. The lowest BCUT2D eigenvalue weighted by atomic mass is 9.68. The molecule has 0 amide bonds. The molecule has 4 heteroatoms. The standard InChI is InChI=1S/C34H40Cl2N2/c1-3-4-14-33(38(2)28-11-6-5-7-12-28)29(25-15-18-31(35)32(36)24-25)17-16-27-23-26-10-8-9-13-30(26)34(27)19-21-37-22-20-34/h5-13,15,18,23-24,29,33,37H,3-4,14,16-17,19-22H2,1-2H3/t29-,33?/m0/s1. The van der Waals surface area contributed by atoms with Crippen molar-refractivity contribution in [2.24, 2.45) is 0 Å². The SMILES string of the molecule is CCCCC([C@@H](CCC1=Cc2ccccc2C12CCNCC2)c1ccc(Cl)c(Cl)c1)N(C)c1ccccc1. The highest BCUT2D eigenvalue weighted by Crippen LogP contribution is 2.50.